The number of ketones is 1. The molecule has 0 amide bonds. The molecule has 1 saturated carbocycles. The maximum Gasteiger partial charge on any atom is 0.152 e. The van der Waals surface area contributed by atoms with Crippen LogP contribution < -0.4 is 5.73 Å². The molecule has 2 rings (SSSR count). The van der Waals surface area contributed by atoms with Crippen molar-refractivity contribution in [2.75, 3.05) is 13.2 Å². The molecular formula is C15H27NO2. The maximum atomic E-state index is 12.1. The highest BCUT2D eigenvalue weighted by atomic mass is 16.5. The molecule has 1 aliphatic heterocycles. The maximum absolute atomic E-state index is 12.1. The lowest BCUT2D eigenvalue weighted by atomic mass is 9.87. The Morgan fingerprint density at radius 1 is 1.22 bits per heavy atom. The minimum absolute atomic E-state index is 0.275. The first kappa shape index (κ1) is 14.0. The average molecular weight is 253 g/mol. The molecule has 1 atom stereocenters. The average Bonchev–Trinajstić information content (AvgIpc) is 3.20. The number of hydrogen-bond acceptors (Lipinski definition) is 3. The van der Waals surface area contributed by atoms with Crippen molar-refractivity contribution in [1.82, 2.24) is 0 Å². The lowest BCUT2D eigenvalue weighted by Crippen LogP contribution is -2.47. The van der Waals surface area contributed by atoms with Crippen LogP contribution in [0.3, 0.4) is 0 Å². The fraction of sp³-hybridized carbons (Fsp3) is 0.933. The van der Waals surface area contributed by atoms with Crippen LogP contribution in [0, 0.1) is 11.8 Å². The van der Waals surface area contributed by atoms with Gasteiger partial charge in [-0.1, -0.05) is 12.8 Å². The molecule has 1 unspecified atom stereocenters. The van der Waals surface area contributed by atoms with E-state index in [-0.39, 0.29) is 5.78 Å². The Hall–Kier alpha value is -0.410. The Labute approximate surface area is 110 Å². The van der Waals surface area contributed by atoms with Crippen molar-refractivity contribution >= 4 is 5.78 Å². The van der Waals surface area contributed by atoms with Gasteiger partial charge in [0.2, 0.25) is 0 Å². The summed E-state index contributed by atoms with van der Waals surface area (Å²) >= 11 is 0. The summed E-state index contributed by atoms with van der Waals surface area (Å²) in [6, 6.07) is 0. The molecule has 2 aliphatic rings. The van der Waals surface area contributed by atoms with Gasteiger partial charge >= 0.3 is 0 Å². The fourth-order valence-electron chi connectivity index (χ4n) is 2.93. The van der Waals surface area contributed by atoms with Crippen molar-refractivity contribution in [2.45, 2.75) is 63.8 Å². The Balaban J connectivity index is 1.58. The topological polar surface area (TPSA) is 52.3 Å². The van der Waals surface area contributed by atoms with Gasteiger partial charge in [-0.2, -0.15) is 0 Å². The second-order valence-corrected chi connectivity index (χ2v) is 6.28. The van der Waals surface area contributed by atoms with E-state index in [1.165, 1.54) is 19.3 Å². The summed E-state index contributed by atoms with van der Waals surface area (Å²) in [6.45, 7) is 3.77. The summed E-state index contributed by atoms with van der Waals surface area (Å²) in [5.41, 5.74) is 5.58. The molecule has 0 aromatic heterocycles. The van der Waals surface area contributed by atoms with E-state index in [1.54, 1.807) is 0 Å². The first-order valence-corrected chi connectivity index (χ1v) is 7.50. The van der Waals surface area contributed by atoms with E-state index in [0.29, 0.717) is 12.3 Å². The third-order valence-electron chi connectivity index (χ3n) is 4.63. The van der Waals surface area contributed by atoms with Crippen LogP contribution in [0.2, 0.25) is 0 Å². The van der Waals surface area contributed by atoms with Crippen molar-refractivity contribution in [2.24, 2.45) is 17.6 Å². The molecule has 3 heteroatoms. The zero-order chi connectivity index (χ0) is 13.0. The predicted octanol–water partition coefficient (Wildman–Crippen LogP) is 2.67. The van der Waals surface area contributed by atoms with E-state index < -0.39 is 5.54 Å². The van der Waals surface area contributed by atoms with Crippen molar-refractivity contribution in [3.8, 4) is 0 Å². The fourth-order valence-corrected chi connectivity index (χ4v) is 2.93. The Morgan fingerprint density at radius 3 is 2.50 bits per heavy atom. The first-order valence-electron chi connectivity index (χ1n) is 7.50. The lowest BCUT2D eigenvalue weighted by Gasteiger charge is -2.23. The third kappa shape index (κ3) is 3.79. The number of rotatable bonds is 7. The van der Waals surface area contributed by atoms with Gasteiger partial charge in [0.25, 0.3) is 0 Å². The molecule has 1 saturated heterocycles. The zero-order valence-electron chi connectivity index (χ0n) is 11.6. The van der Waals surface area contributed by atoms with E-state index in [9.17, 15) is 4.79 Å². The second kappa shape index (κ2) is 6.16. The summed E-state index contributed by atoms with van der Waals surface area (Å²) in [5, 5.41) is 0. The molecule has 2 fully saturated rings. The predicted molar refractivity (Wildman–Crippen MR) is 72.3 cm³/mol. The smallest absolute Gasteiger partial charge is 0.152 e. The van der Waals surface area contributed by atoms with Gasteiger partial charge in [-0.15, -0.1) is 0 Å². The Kier molecular flexibility index (Phi) is 4.79. The second-order valence-electron chi connectivity index (χ2n) is 6.28. The van der Waals surface area contributed by atoms with Crippen LogP contribution in [-0.2, 0) is 9.53 Å². The molecule has 1 aliphatic carbocycles. The van der Waals surface area contributed by atoms with E-state index in [1.807, 2.05) is 6.92 Å². The number of unbranched alkanes of at least 4 members (excludes halogenated alkanes) is 1. The number of Topliss-reactive ketones (excluding diaryl/α,β-unsaturated/α-hetero) is 1. The van der Waals surface area contributed by atoms with E-state index in [4.69, 9.17) is 10.5 Å². The van der Waals surface area contributed by atoms with Gasteiger partial charge in [0.1, 0.15) is 0 Å². The van der Waals surface area contributed by atoms with Crippen LogP contribution in [-0.4, -0.2) is 24.5 Å². The van der Waals surface area contributed by atoms with E-state index in [2.05, 4.69) is 0 Å². The molecule has 0 radical (unpaired) electrons. The number of ether oxygens (including phenoxy) is 1. The molecule has 0 aromatic carbocycles. The number of carbonyl (C=O) groups excluding carboxylic acids is 1. The standard InChI is InChI=1S/C15H27NO2/c1-15(16,13-6-7-13)14(17)5-3-2-4-12-8-10-18-11-9-12/h12-13H,2-11,16H2,1H3. The number of carbonyl (C=O) groups is 1. The van der Waals surface area contributed by atoms with Gasteiger partial charge in [0.15, 0.2) is 5.78 Å². The van der Waals surface area contributed by atoms with Crippen LogP contribution in [0.15, 0.2) is 0 Å². The highest BCUT2D eigenvalue weighted by molar-refractivity contribution is 5.88. The van der Waals surface area contributed by atoms with Crippen LogP contribution in [0.4, 0.5) is 0 Å². The van der Waals surface area contributed by atoms with Crippen molar-refractivity contribution in [3.63, 3.8) is 0 Å². The quantitative estimate of drug-likeness (QED) is 0.710. The largest absolute Gasteiger partial charge is 0.381 e. The van der Waals surface area contributed by atoms with Crippen molar-refractivity contribution in [1.29, 1.82) is 0 Å². The molecule has 3 nitrogen and oxygen atoms in total. The molecule has 0 bridgehead atoms. The SMILES string of the molecule is CC(N)(C(=O)CCCCC1CCOCC1)C1CC1. The molecular weight excluding hydrogens is 226 g/mol. The van der Waals surface area contributed by atoms with E-state index >= 15 is 0 Å². The molecule has 0 spiro atoms. The Bertz CT molecular complexity index is 278. The molecule has 0 aromatic rings. The number of nitrogens with two attached hydrogens (primary N) is 1. The van der Waals surface area contributed by atoms with Crippen LogP contribution in [0.5, 0.6) is 0 Å². The summed E-state index contributed by atoms with van der Waals surface area (Å²) in [6.07, 6.45) is 8.78. The van der Waals surface area contributed by atoms with Crippen molar-refractivity contribution < 1.29 is 9.53 Å². The summed E-state index contributed by atoms with van der Waals surface area (Å²) in [7, 11) is 0. The molecule has 104 valence electrons. The zero-order valence-corrected chi connectivity index (χ0v) is 11.6. The van der Waals surface area contributed by atoms with Gasteiger partial charge < -0.3 is 10.5 Å². The summed E-state index contributed by atoms with van der Waals surface area (Å²) < 4.78 is 5.35. The van der Waals surface area contributed by atoms with Crippen molar-refractivity contribution in [3.05, 3.63) is 0 Å². The minimum Gasteiger partial charge on any atom is -0.381 e. The van der Waals surface area contributed by atoms with Gasteiger partial charge in [-0.05, 0) is 50.9 Å². The third-order valence-corrected chi connectivity index (χ3v) is 4.63. The number of hydrogen-bond donors (Lipinski definition) is 1. The first-order chi connectivity index (χ1) is 8.60. The normalized spacial score (nSPS) is 24.8. The lowest BCUT2D eigenvalue weighted by molar-refractivity contribution is -0.124. The molecule has 1 heterocycles. The monoisotopic (exact) mass is 253 g/mol. The van der Waals surface area contributed by atoms with Gasteiger partial charge in [-0.3, -0.25) is 4.79 Å². The van der Waals surface area contributed by atoms with Gasteiger partial charge in [0.05, 0.1) is 5.54 Å². The van der Waals surface area contributed by atoms with Crippen LogP contribution in [0.25, 0.3) is 0 Å². The minimum atomic E-state index is -0.543. The highest BCUT2D eigenvalue weighted by Gasteiger charge is 2.43. The van der Waals surface area contributed by atoms with Gasteiger partial charge in [-0.25, -0.2) is 0 Å². The summed E-state index contributed by atoms with van der Waals surface area (Å²) in [4.78, 5) is 12.1. The van der Waals surface area contributed by atoms with E-state index in [0.717, 1.165) is 44.8 Å². The summed E-state index contributed by atoms with van der Waals surface area (Å²) in [5.74, 6) is 1.55. The molecule has 18 heavy (non-hydrogen) atoms. The highest BCUT2D eigenvalue weighted by Crippen LogP contribution is 2.39. The van der Waals surface area contributed by atoms with Crippen LogP contribution in [0.1, 0.15) is 58.3 Å². The molecule has 2 N–H and O–H groups in total. The van der Waals surface area contributed by atoms with Gasteiger partial charge in [0, 0.05) is 19.6 Å². The Morgan fingerprint density at radius 2 is 1.89 bits per heavy atom. The van der Waals surface area contributed by atoms with Crippen LogP contribution >= 0.6 is 0 Å².